The molecule has 0 radical (unpaired) electrons. The van der Waals surface area contributed by atoms with Gasteiger partial charge in [0.15, 0.2) is 10.9 Å². The van der Waals surface area contributed by atoms with Crippen LogP contribution in [0.1, 0.15) is 33.6 Å². The highest BCUT2D eigenvalue weighted by Crippen LogP contribution is 2.35. The summed E-state index contributed by atoms with van der Waals surface area (Å²) in [7, 11) is 1.60. The minimum absolute atomic E-state index is 0.0233. The van der Waals surface area contributed by atoms with Crippen LogP contribution in [0.25, 0.3) is 15.9 Å². The molecule has 1 aliphatic carbocycles. The third-order valence-corrected chi connectivity index (χ3v) is 8.44. The van der Waals surface area contributed by atoms with Crippen LogP contribution in [-0.2, 0) is 12.8 Å². The molecule has 2 aromatic carbocycles. The number of methoxy groups -OCH3 is 1. The summed E-state index contributed by atoms with van der Waals surface area (Å²) >= 11 is 6.39. The summed E-state index contributed by atoms with van der Waals surface area (Å²) in [6, 6.07) is 14.7. The van der Waals surface area contributed by atoms with Gasteiger partial charge >= 0.3 is 0 Å². The van der Waals surface area contributed by atoms with Gasteiger partial charge in [-0.1, -0.05) is 27.7 Å². The largest absolute Gasteiger partial charge is 0.497 e. The first-order valence-electron chi connectivity index (χ1n) is 10.7. The van der Waals surface area contributed by atoms with Crippen LogP contribution in [0.2, 0.25) is 0 Å². The van der Waals surface area contributed by atoms with Gasteiger partial charge in [-0.05, 0) is 79.8 Å². The maximum Gasteiger partial charge on any atom is 0.267 e. The molecule has 0 saturated heterocycles. The second-order valence-electron chi connectivity index (χ2n) is 7.84. The highest BCUT2D eigenvalue weighted by Gasteiger charge is 2.23. The second-order valence-corrected chi connectivity index (χ2v) is 10.8. The summed E-state index contributed by atoms with van der Waals surface area (Å²) in [4.78, 5) is 33.5. The average molecular weight is 541 g/mol. The van der Waals surface area contributed by atoms with Gasteiger partial charge in [-0.25, -0.2) is 4.98 Å². The number of ketones is 1. The van der Waals surface area contributed by atoms with Gasteiger partial charge < -0.3 is 4.74 Å². The topological polar surface area (TPSA) is 61.2 Å². The number of halogens is 1. The molecule has 4 aromatic rings. The Morgan fingerprint density at radius 3 is 2.58 bits per heavy atom. The van der Waals surface area contributed by atoms with E-state index in [4.69, 9.17) is 9.72 Å². The van der Waals surface area contributed by atoms with Crippen LogP contribution in [0.15, 0.2) is 63.0 Å². The summed E-state index contributed by atoms with van der Waals surface area (Å²) in [6.07, 6.45) is 4.18. The zero-order valence-corrected chi connectivity index (χ0v) is 21.2. The fourth-order valence-electron chi connectivity index (χ4n) is 4.09. The van der Waals surface area contributed by atoms with Gasteiger partial charge in [0.2, 0.25) is 0 Å². The molecule has 2 heterocycles. The van der Waals surface area contributed by atoms with Crippen LogP contribution >= 0.6 is 39.0 Å². The van der Waals surface area contributed by atoms with E-state index in [0.29, 0.717) is 16.5 Å². The number of thioether (sulfide) groups is 1. The third kappa shape index (κ3) is 4.39. The highest BCUT2D eigenvalue weighted by molar-refractivity contribution is 9.10. The summed E-state index contributed by atoms with van der Waals surface area (Å²) in [5.41, 5.74) is 2.46. The van der Waals surface area contributed by atoms with E-state index < -0.39 is 0 Å². The molecule has 0 saturated carbocycles. The molecule has 0 bridgehead atoms. The van der Waals surface area contributed by atoms with Crippen molar-refractivity contribution in [2.45, 2.75) is 30.8 Å². The molecule has 0 atom stereocenters. The van der Waals surface area contributed by atoms with Crippen LogP contribution in [0, 0.1) is 0 Å². The maximum atomic E-state index is 13.8. The smallest absolute Gasteiger partial charge is 0.267 e. The van der Waals surface area contributed by atoms with Gasteiger partial charge in [-0.2, -0.15) is 0 Å². The van der Waals surface area contributed by atoms with Crippen LogP contribution in [0.5, 0.6) is 5.75 Å². The summed E-state index contributed by atoms with van der Waals surface area (Å²) in [5, 5.41) is 1.28. The fourth-order valence-corrected chi connectivity index (χ4v) is 6.57. The Labute approximate surface area is 207 Å². The molecule has 8 heteroatoms. The SMILES string of the molecule is COc1ccc(C(=O)CSc2nc3sc4c(c3c(=O)n2-c2ccc(Br)cc2)CCCC4)cc1. The predicted molar refractivity (Wildman–Crippen MR) is 138 cm³/mol. The van der Waals surface area contributed by atoms with Crippen LogP contribution in [0.3, 0.4) is 0 Å². The zero-order valence-electron chi connectivity index (χ0n) is 18.0. The minimum atomic E-state index is -0.0545. The number of Topliss-reactive ketones (excluding diaryl/α,β-unsaturated/α-hetero) is 1. The Bertz CT molecular complexity index is 1390. The molecular formula is C25H21BrN2O3S2. The van der Waals surface area contributed by atoms with Gasteiger partial charge in [-0.3, -0.25) is 14.2 Å². The number of carbonyl (C=O) groups is 1. The number of hydrogen-bond donors (Lipinski definition) is 0. The number of carbonyl (C=O) groups excluding carboxylic acids is 1. The Balaban J connectivity index is 1.56. The molecule has 2 aromatic heterocycles. The van der Waals surface area contributed by atoms with E-state index in [1.54, 1.807) is 47.3 Å². The molecule has 168 valence electrons. The van der Waals surface area contributed by atoms with Gasteiger partial charge in [-0.15, -0.1) is 11.3 Å². The van der Waals surface area contributed by atoms with E-state index in [1.165, 1.54) is 16.6 Å². The van der Waals surface area contributed by atoms with Crippen molar-refractivity contribution in [3.05, 3.63) is 79.4 Å². The van der Waals surface area contributed by atoms with Gasteiger partial charge in [0.25, 0.3) is 5.56 Å². The molecule has 0 N–H and O–H groups in total. The van der Waals surface area contributed by atoms with Crippen molar-refractivity contribution >= 4 is 55.0 Å². The number of aromatic nitrogens is 2. The van der Waals surface area contributed by atoms with Crippen molar-refractivity contribution in [1.29, 1.82) is 0 Å². The molecule has 33 heavy (non-hydrogen) atoms. The molecule has 0 unspecified atom stereocenters. The maximum absolute atomic E-state index is 13.8. The van der Waals surface area contributed by atoms with Crippen LogP contribution in [0.4, 0.5) is 0 Å². The van der Waals surface area contributed by atoms with E-state index in [-0.39, 0.29) is 17.1 Å². The van der Waals surface area contributed by atoms with E-state index in [9.17, 15) is 9.59 Å². The molecule has 0 aliphatic heterocycles. The zero-order chi connectivity index (χ0) is 22.9. The lowest BCUT2D eigenvalue weighted by Crippen LogP contribution is -2.22. The summed E-state index contributed by atoms with van der Waals surface area (Å²) < 4.78 is 7.76. The fraction of sp³-hybridized carbons (Fsp3) is 0.240. The molecular weight excluding hydrogens is 520 g/mol. The summed E-state index contributed by atoms with van der Waals surface area (Å²) in [6.45, 7) is 0. The lowest BCUT2D eigenvalue weighted by molar-refractivity contribution is 0.102. The number of thiophene rings is 1. The Morgan fingerprint density at radius 1 is 1.12 bits per heavy atom. The van der Waals surface area contributed by atoms with Crippen molar-refractivity contribution in [2.24, 2.45) is 0 Å². The third-order valence-electron chi connectivity index (χ3n) is 5.79. The van der Waals surface area contributed by atoms with Crippen LogP contribution < -0.4 is 10.3 Å². The van der Waals surface area contributed by atoms with E-state index >= 15 is 0 Å². The van der Waals surface area contributed by atoms with Crippen molar-refractivity contribution in [3.63, 3.8) is 0 Å². The predicted octanol–water partition coefficient (Wildman–Crippen LogP) is 6.07. The van der Waals surface area contributed by atoms with Crippen LogP contribution in [-0.4, -0.2) is 28.2 Å². The lowest BCUT2D eigenvalue weighted by Gasteiger charge is -2.13. The van der Waals surface area contributed by atoms with Crippen molar-refractivity contribution in [2.75, 3.05) is 12.9 Å². The highest BCUT2D eigenvalue weighted by atomic mass is 79.9. The van der Waals surface area contributed by atoms with Crippen molar-refractivity contribution < 1.29 is 9.53 Å². The number of aryl methyl sites for hydroxylation is 2. The normalized spacial score (nSPS) is 13.2. The molecule has 5 nitrogen and oxygen atoms in total. The first-order chi connectivity index (χ1) is 16.0. The minimum Gasteiger partial charge on any atom is -0.497 e. The molecule has 5 rings (SSSR count). The average Bonchev–Trinajstić information content (AvgIpc) is 3.22. The number of fused-ring (bicyclic) bond motifs is 3. The number of rotatable bonds is 6. The number of hydrogen-bond acceptors (Lipinski definition) is 6. The molecule has 1 aliphatic rings. The van der Waals surface area contributed by atoms with Crippen molar-refractivity contribution in [3.8, 4) is 11.4 Å². The van der Waals surface area contributed by atoms with E-state index in [1.807, 2.05) is 24.3 Å². The van der Waals surface area contributed by atoms with Gasteiger partial charge in [0.05, 0.1) is 23.9 Å². The lowest BCUT2D eigenvalue weighted by atomic mass is 9.97. The van der Waals surface area contributed by atoms with Gasteiger partial charge in [0, 0.05) is 14.9 Å². The number of ether oxygens (including phenoxy) is 1. The first-order valence-corrected chi connectivity index (χ1v) is 13.3. The Kier molecular flexibility index (Phi) is 6.40. The number of nitrogens with zero attached hydrogens (tertiary/aromatic N) is 2. The quantitative estimate of drug-likeness (QED) is 0.168. The second kappa shape index (κ2) is 9.44. The van der Waals surface area contributed by atoms with E-state index in [0.717, 1.165) is 51.6 Å². The monoisotopic (exact) mass is 540 g/mol. The van der Waals surface area contributed by atoms with Gasteiger partial charge in [0.1, 0.15) is 10.6 Å². The Morgan fingerprint density at radius 2 is 1.85 bits per heavy atom. The Hall–Kier alpha value is -2.42. The van der Waals surface area contributed by atoms with E-state index in [2.05, 4.69) is 15.9 Å². The molecule has 0 spiro atoms. The molecule has 0 fully saturated rings. The van der Waals surface area contributed by atoms with Crippen molar-refractivity contribution in [1.82, 2.24) is 9.55 Å². The number of benzene rings is 2. The molecule has 0 amide bonds. The summed E-state index contributed by atoms with van der Waals surface area (Å²) in [5.74, 6) is 0.869. The standard InChI is InChI=1S/C25H21BrN2O3S2/c1-31-18-12-6-15(7-13-18)20(29)14-32-25-27-23-22(19-4-2-3-5-21(19)33-23)24(30)28(25)17-10-8-16(26)9-11-17/h6-13H,2-5,14H2,1H3. The first kappa shape index (κ1) is 22.4.